The van der Waals surface area contributed by atoms with Crippen LogP contribution in [-0.4, -0.2) is 35.5 Å². The summed E-state index contributed by atoms with van der Waals surface area (Å²) in [6, 6.07) is 3.59. The Hall–Kier alpha value is -1.23. The van der Waals surface area contributed by atoms with Gasteiger partial charge >= 0.3 is 0 Å². The molecule has 0 atom stereocenters. The van der Waals surface area contributed by atoms with Crippen molar-refractivity contribution in [3.8, 4) is 0 Å². The van der Waals surface area contributed by atoms with Crippen molar-refractivity contribution >= 4 is 23.4 Å². The van der Waals surface area contributed by atoms with E-state index in [2.05, 4.69) is 21.9 Å². The molecule has 2 rings (SSSR count). The molecule has 0 radical (unpaired) electrons. The van der Waals surface area contributed by atoms with Gasteiger partial charge in [-0.2, -0.15) is 11.8 Å². The first kappa shape index (κ1) is 12.2. The van der Waals surface area contributed by atoms with Crippen LogP contribution in [0.5, 0.6) is 0 Å². The van der Waals surface area contributed by atoms with Crippen LogP contribution < -0.4 is 10.6 Å². The number of nitrogens with zero attached hydrogens (tertiary/aromatic N) is 1. The standard InChI is InChI=1S/C12H17N3OS/c1-13-9-3-4-10(14-7-9)11(16)15-8-12(17-2)5-6-12/h3-4,7,13H,5-6,8H2,1-2H3,(H,15,16). The predicted octanol–water partition coefficient (Wildman–Crippen LogP) is 1.75. The number of rotatable bonds is 5. The first-order valence-corrected chi connectivity index (χ1v) is 6.89. The highest BCUT2D eigenvalue weighted by atomic mass is 32.2. The van der Waals surface area contributed by atoms with E-state index < -0.39 is 0 Å². The monoisotopic (exact) mass is 251 g/mol. The van der Waals surface area contributed by atoms with Gasteiger partial charge in [-0.25, -0.2) is 4.98 Å². The summed E-state index contributed by atoms with van der Waals surface area (Å²) in [6.45, 7) is 0.739. The largest absolute Gasteiger partial charge is 0.387 e. The fourth-order valence-corrected chi connectivity index (χ4v) is 2.33. The Morgan fingerprint density at radius 3 is 2.76 bits per heavy atom. The minimum atomic E-state index is -0.0898. The first-order valence-electron chi connectivity index (χ1n) is 5.66. The molecule has 2 N–H and O–H groups in total. The van der Waals surface area contributed by atoms with Crippen molar-refractivity contribution in [2.75, 3.05) is 25.2 Å². The average Bonchev–Trinajstić information content (AvgIpc) is 3.17. The highest BCUT2D eigenvalue weighted by Crippen LogP contribution is 2.46. The number of carbonyl (C=O) groups excluding carboxylic acids is 1. The molecule has 17 heavy (non-hydrogen) atoms. The molecule has 1 heterocycles. The Balaban J connectivity index is 1.90. The number of hydrogen-bond donors (Lipinski definition) is 2. The molecular formula is C12H17N3OS. The number of nitrogens with one attached hydrogen (secondary N) is 2. The predicted molar refractivity (Wildman–Crippen MR) is 71.6 cm³/mol. The van der Waals surface area contributed by atoms with Crippen molar-refractivity contribution in [1.29, 1.82) is 0 Å². The zero-order valence-corrected chi connectivity index (χ0v) is 10.9. The van der Waals surface area contributed by atoms with E-state index in [1.54, 1.807) is 12.3 Å². The molecule has 1 saturated carbocycles. The van der Waals surface area contributed by atoms with Gasteiger partial charge in [-0.1, -0.05) is 0 Å². The van der Waals surface area contributed by atoms with Crippen molar-refractivity contribution in [2.24, 2.45) is 0 Å². The Bertz CT molecular complexity index is 401. The summed E-state index contributed by atoms with van der Waals surface area (Å²) in [5.41, 5.74) is 1.38. The highest BCUT2D eigenvalue weighted by Gasteiger charge is 2.41. The van der Waals surface area contributed by atoms with Crippen LogP contribution in [0.15, 0.2) is 18.3 Å². The van der Waals surface area contributed by atoms with Crippen molar-refractivity contribution in [3.63, 3.8) is 0 Å². The summed E-state index contributed by atoms with van der Waals surface area (Å²) in [4.78, 5) is 15.9. The number of thioether (sulfide) groups is 1. The maximum atomic E-state index is 11.8. The molecule has 92 valence electrons. The fraction of sp³-hybridized carbons (Fsp3) is 0.500. The third-order valence-corrected chi connectivity index (χ3v) is 4.52. The Labute approximate surface area is 106 Å². The Morgan fingerprint density at radius 1 is 1.53 bits per heavy atom. The fourth-order valence-electron chi connectivity index (χ4n) is 1.60. The maximum absolute atomic E-state index is 11.8. The molecule has 1 aromatic heterocycles. The van der Waals surface area contributed by atoms with Gasteiger partial charge in [-0.05, 0) is 31.2 Å². The van der Waals surface area contributed by atoms with Gasteiger partial charge in [-0.3, -0.25) is 4.79 Å². The van der Waals surface area contributed by atoms with Gasteiger partial charge in [0.1, 0.15) is 5.69 Å². The molecule has 1 fully saturated rings. The Kier molecular flexibility index (Phi) is 3.57. The van der Waals surface area contributed by atoms with E-state index in [0.29, 0.717) is 10.4 Å². The van der Waals surface area contributed by atoms with E-state index >= 15 is 0 Å². The van der Waals surface area contributed by atoms with Gasteiger partial charge in [0.15, 0.2) is 0 Å². The second-order valence-electron chi connectivity index (χ2n) is 4.25. The molecule has 0 saturated heterocycles. The molecule has 0 spiro atoms. The van der Waals surface area contributed by atoms with E-state index in [4.69, 9.17) is 0 Å². The number of pyridine rings is 1. The van der Waals surface area contributed by atoms with Gasteiger partial charge in [0.2, 0.25) is 0 Å². The van der Waals surface area contributed by atoms with Crippen LogP contribution in [0.2, 0.25) is 0 Å². The van der Waals surface area contributed by atoms with Crippen LogP contribution >= 0.6 is 11.8 Å². The molecular weight excluding hydrogens is 234 g/mol. The minimum Gasteiger partial charge on any atom is -0.387 e. The zero-order valence-electron chi connectivity index (χ0n) is 10.1. The van der Waals surface area contributed by atoms with Gasteiger partial charge in [0.05, 0.1) is 11.9 Å². The second kappa shape index (κ2) is 4.96. The summed E-state index contributed by atoms with van der Waals surface area (Å²) in [5.74, 6) is -0.0898. The summed E-state index contributed by atoms with van der Waals surface area (Å²) in [5, 5.41) is 5.92. The smallest absolute Gasteiger partial charge is 0.269 e. The molecule has 0 unspecified atom stereocenters. The number of carbonyl (C=O) groups is 1. The molecule has 5 heteroatoms. The average molecular weight is 251 g/mol. The van der Waals surface area contributed by atoms with Crippen LogP contribution in [0.25, 0.3) is 0 Å². The number of aromatic nitrogens is 1. The molecule has 1 aliphatic rings. The topological polar surface area (TPSA) is 54.0 Å². The van der Waals surface area contributed by atoms with Crippen LogP contribution in [0.3, 0.4) is 0 Å². The number of anilines is 1. The van der Waals surface area contributed by atoms with E-state index in [0.717, 1.165) is 12.2 Å². The van der Waals surface area contributed by atoms with Crippen LogP contribution in [0.1, 0.15) is 23.3 Å². The van der Waals surface area contributed by atoms with Crippen LogP contribution in [0.4, 0.5) is 5.69 Å². The lowest BCUT2D eigenvalue weighted by molar-refractivity contribution is 0.0948. The van der Waals surface area contributed by atoms with Crippen molar-refractivity contribution in [1.82, 2.24) is 10.3 Å². The normalized spacial score (nSPS) is 16.4. The molecule has 0 aliphatic heterocycles. The lowest BCUT2D eigenvalue weighted by Gasteiger charge is -2.12. The third kappa shape index (κ3) is 2.91. The zero-order chi connectivity index (χ0) is 12.3. The Morgan fingerprint density at radius 2 is 2.29 bits per heavy atom. The van der Waals surface area contributed by atoms with Gasteiger partial charge in [0, 0.05) is 18.3 Å². The lowest BCUT2D eigenvalue weighted by atomic mass is 10.3. The van der Waals surface area contributed by atoms with Gasteiger partial charge in [0.25, 0.3) is 5.91 Å². The number of hydrogen-bond acceptors (Lipinski definition) is 4. The van der Waals surface area contributed by atoms with E-state index in [1.165, 1.54) is 12.8 Å². The van der Waals surface area contributed by atoms with E-state index in [1.807, 2.05) is 24.9 Å². The summed E-state index contributed by atoms with van der Waals surface area (Å²) < 4.78 is 0.292. The highest BCUT2D eigenvalue weighted by molar-refractivity contribution is 8.00. The molecule has 1 aliphatic carbocycles. The van der Waals surface area contributed by atoms with Crippen molar-refractivity contribution < 1.29 is 4.79 Å². The SMILES string of the molecule is CNc1ccc(C(=O)NCC2(SC)CC2)nc1. The summed E-state index contributed by atoms with van der Waals surface area (Å²) >= 11 is 1.84. The second-order valence-corrected chi connectivity index (χ2v) is 5.53. The van der Waals surface area contributed by atoms with Crippen LogP contribution in [0, 0.1) is 0 Å². The molecule has 1 amide bonds. The quantitative estimate of drug-likeness (QED) is 0.837. The molecule has 0 aromatic carbocycles. The molecule has 4 nitrogen and oxygen atoms in total. The maximum Gasteiger partial charge on any atom is 0.269 e. The first-order chi connectivity index (χ1) is 8.19. The van der Waals surface area contributed by atoms with Crippen molar-refractivity contribution in [2.45, 2.75) is 17.6 Å². The summed E-state index contributed by atoms with van der Waals surface area (Å²) in [6.07, 6.45) is 6.15. The molecule has 0 bridgehead atoms. The van der Waals surface area contributed by atoms with Gasteiger partial charge in [-0.15, -0.1) is 0 Å². The van der Waals surface area contributed by atoms with E-state index in [-0.39, 0.29) is 5.91 Å². The minimum absolute atomic E-state index is 0.0898. The van der Waals surface area contributed by atoms with Crippen molar-refractivity contribution in [3.05, 3.63) is 24.0 Å². The third-order valence-electron chi connectivity index (χ3n) is 3.10. The van der Waals surface area contributed by atoms with E-state index in [9.17, 15) is 4.79 Å². The van der Waals surface area contributed by atoms with Gasteiger partial charge < -0.3 is 10.6 Å². The van der Waals surface area contributed by atoms with Crippen LogP contribution in [-0.2, 0) is 0 Å². The lowest BCUT2D eigenvalue weighted by Crippen LogP contribution is -2.32. The number of amides is 1. The molecule has 1 aromatic rings. The summed E-state index contributed by atoms with van der Waals surface area (Å²) in [7, 11) is 1.83.